The lowest BCUT2D eigenvalue weighted by Crippen LogP contribution is -2.43. The lowest BCUT2D eigenvalue weighted by molar-refractivity contribution is 0.00821. The molecule has 1 fully saturated rings. The van der Waals surface area contributed by atoms with Gasteiger partial charge in [0.1, 0.15) is 11.3 Å². The lowest BCUT2D eigenvalue weighted by Gasteiger charge is -2.36. The van der Waals surface area contributed by atoms with E-state index in [1.807, 2.05) is 0 Å². The molecule has 1 aliphatic rings. The number of hydrogen-bond acceptors (Lipinski definition) is 8. The molecule has 3 aromatic rings. The number of nitrogens with one attached hydrogen (secondary N) is 1. The van der Waals surface area contributed by atoms with Crippen LogP contribution in [0.1, 0.15) is 72.7 Å². The van der Waals surface area contributed by atoms with Gasteiger partial charge in [-0.2, -0.15) is 5.10 Å². The van der Waals surface area contributed by atoms with Gasteiger partial charge >= 0.3 is 12.1 Å². The molecule has 2 aromatic heterocycles. The molecule has 12 nitrogen and oxygen atoms in total. The number of ether oxygens (including phenoxy) is 1. The second-order valence-electron chi connectivity index (χ2n) is 9.67. The average Bonchev–Trinajstić information content (AvgIpc) is 3.21. The van der Waals surface area contributed by atoms with E-state index in [0.29, 0.717) is 29.9 Å². The minimum atomic E-state index is -1.26. The van der Waals surface area contributed by atoms with Crippen LogP contribution in [-0.4, -0.2) is 60.0 Å². The lowest BCUT2D eigenvalue weighted by atomic mass is 10.0. The van der Waals surface area contributed by atoms with E-state index in [9.17, 15) is 19.5 Å². The number of carbonyl (C=O) groups excluding carboxylic acids is 2. The van der Waals surface area contributed by atoms with E-state index in [1.165, 1.54) is 6.20 Å². The molecule has 4 rings (SSSR count). The summed E-state index contributed by atoms with van der Waals surface area (Å²) in [5.41, 5.74) is 0.0260. The van der Waals surface area contributed by atoms with Gasteiger partial charge in [-0.1, -0.05) is 12.1 Å². The number of imidazole rings is 1. The van der Waals surface area contributed by atoms with Crippen molar-refractivity contribution >= 4 is 23.8 Å². The fourth-order valence-corrected chi connectivity index (χ4v) is 4.17. The Hall–Kier alpha value is -4.48. The van der Waals surface area contributed by atoms with Crippen LogP contribution in [0.15, 0.2) is 42.6 Å². The maximum absolute atomic E-state index is 12.9. The number of carbonyl (C=O) groups is 3. The van der Waals surface area contributed by atoms with Gasteiger partial charge in [0.2, 0.25) is 0 Å². The molecule has 4 N–H and O–H groups in total. The van der Waals surface area contributed by atoms with E-state index in [4.69, 9.17) is 10.6 Å². The number of nitrogens with zero attached hydrogens (tertiary/aromatic N) is 5. The Morgan fingerprint density at radius 2 is 1.86 bits per heavy atom. The van der Waals surface area contributed by atoms with Gasteiger partial charge in [0.25, 0.3) is 5.91 Å². The topological polar surface area (TPSA) is 166 Å². The van der Waals surface area contributed by atoms with Crippen molar-refractivity contribution in [3.63, 3.8) is 0 Å². The predicted octanol–water partition coefficient (Wildman–Crippen LogP) is 3.47. The highest BCUT2D eigenvalue weighted by atomic mass is 16.6. The van der Waals surface area contributed by atoms with Crippen molar-refractivity contribution in [2.24, 2.45) is 0 Å². The summed E-state index contributed by atoms with van der Waals surface area (Å²) in [5.74, 6) is 5.14. The van der Waals surface area contributed by atoms with E-state index in [0.717, 1.165) is 17.5 Å². The Labute approximate surface area is 213 Å². The van der Waals surface area contributed by atoms with Gasteiger partial charge in [-0.25, -0.2) is 19.2 Å². The number of aromatic nitrogens is 4. The predicted molar refractivity (Wildman–Crippen MR) is 134 cm³/mol. The Morgan fingerprint density at radius 3 is 2.49 bits per heavy atom. The van der Waals surface area contributed by atoms with E-state index in [-0.39, 0.29) is 17.2 Å². The average molecular weight is 508 g/mol. The zero-order valence-electron chi connectivity index (χ0n) is 20.8. The first-order valence-corrected chi connectivity index (χ1v) is 11.9. The van der Waals surface area contributed by atoms with Gasteiger partial charge in [-0.05, 0) is 64.3 Å². The van der Waals surface area contributed by atoms with Crippen molar-refractivity contribution in [2.75, 3.05) is 17.7 Å². The fraction of sp³-hybridized carbons (Fsp3) is 0.360. The highest BCUT2D eigenvalue weighted by Gasteiger charge is 2.36. The van der Waals surface area contributed by atoms with Gasteiger partial charge in [-0.15, -0.1) is 5.10 Å². The maximum atomic E-state index is 12.9. The number of nitrogen functional groups attached to an aromatic ring is 1. The molecule has 1 unspecified atom stereocenters. The largest absolute Gasteiger partial charge is 0.476 e. The molecule has 0 saturated carbocycles. The number of piperidine rings is 1. The summed E-state index contributed by atoms with van der Waals surface area (Å²) in [5, 5.41) is 20.1. The highest BCUT2D eigenvalue weighted by molar-refractivity contribution is 6.04. The van der Waals surface area contributed by atoms with Gasteiger partial charge < -0.3 is 21.0 Å². The van der Waals surface area contributed by atoms with E-state index in [1.54, 1.807) is 62.1 Å². The smallest absolute Gasteiger partial charge is 0.410 e. The number of rotatable bonds is 5. The summed E-state index contributed by atoms with van der Waals surface area (Å²) in [6.45, 7) is 5.79. The summed E-state index contributed by atoms with van der Waals surface area (Å²) < 4.78 is 6.59. The minimum Gasteiger partial charge on any atom is -0.476 e. The molecular weight excluding hydrogens is 478 g/mol. The molecule has 0 radical (unpaired) electrons. The summed E-state index contributed by atoms with van der Waals surface area (Å²) in [7, 11) is 0. The minimum absolute atomic E-state index is 0.139. The van der Waals surface area contributed by atoms with Gasteiger partial charge in [0.05, 0.1) is 6.04 Å². The molecule has 0 bridgehead atoms. The van der Waals surface area contributed by atoms with Gasteiger partial charge in [0, 0.05) is 23.9 Å². The molecule has 2 amide bonds. The number of carboxylic acids is 1. The van der Waals surface area contributed by atoms with Crippen LogP contribution in [-0.2, 0) is 4.74 Å². The number of carboxylic acid groups (broad SMARTS) is 1. The van der Waals surface area contributed by atoms with Crippen LogP contribution in [0.3, 0.4) is 0 Å². The molecule has 1 saturated heterocycles. The number of amides is 2. The Bertz CT molecular complexity index is 1300. The normalized spacial score (nSPS) is 15.8. The summed E-state index contributed by atoms with van der Waals surface area (Å²) in [6.07, 6.45) is 3.17. The fourth-order valence-electron chi connectivity index (χ4n) is 4.17. The van der Waals surface area contributed by atoms with Crippen LogP contribution in [0.2, 0.25) is 0 Å². The van der Waals surface area contributed by atoms with Gasteiger partial charge in [-0.3, -0.25) is 9.69 Å². The molecule has 37 heavy (non-hydrogen) atoms. The SMILES string of the molecule is CC(C)(C)OC(=O)N1CCCCC1c1nc(-c2ccc(C(=O)Nc3cccnn3)cc2)c(C(=O)O)n1N. The van der Waals surface area contributed by atoms with Crippen molar-refractivity contribution in [1.29, 1.82) is 0 Å². The molecule has 0 aliphatic carbocycles. The highest BCUT2D eigenvalue weighted by Crippen LogP contribution is 2.34. The van der Waals surface area contributed by atoms with Crippen LogP contribution in [0.25, 0.3) is 11.3 Å². The Kier molecular flexibility index (Phi) is 7.09. The molecule has 12 heteroatoms. The summed E-state index contributed by atoms with van der Waals surface area (Å²) in [6, 6.07) is 9.01. The Balaban J connectivity index is 1.64. The molecule has 1 aromatic carbocycles. The molecule has 3 heterocycles. The number of hydrogen-bond donors (Lipinski definition) is 3. The monoisotopic (exact) mass is 507 g/mol. The summed E-state index contributed by atoms with van der Waals surface area (Å²) in [4.78, 5) is 43.7. The number of aromatic carboxylic acids is 1. The Morgan fingerprint density at radius 1 is 1.14 bits per heavy atom. The van der Waals surface area contributed by atoms with Crippen molar-refractivity contribution in [1.82, 2.24) is 24.8 Å². The van der Waals surface area contributed by atoms with Crippen molar-refractivity contribution < 1.29 is 24.2 Å². The third-order valence-electron chi connectivity index (χ3n) is 5.80. The molecule has 1 atom stereocenters. The third kappa shape index (κ3) is 5.68. The van der Waals surface area contributed by atoms with E-state index < -0.39 is 29.6 Å². The van der Waals surface area contributed by atoms with Crippen molar-refractivity contribution in [2.45, 2.75) is 51.7 Å². The molecular formula is C25H29N7O5. The second kappa shape index (κ2) is 10.2. The first-order valence-electron chi connectivity index (χ1n) is 11.9. The molecule has 194 valence electrons. The van der Waals surface area contributed by atoms with E-state index >= 15 is 0 Å². The van der Waals surface area contributed by atoms with Crippen LogP contribution < -0.4 is 11.2 Å². The van der Waals surface area contributed by atoms with Crippen molar-refractivity contribution in [3.05, 3.63) is 59.7 Å². The number of benzene rings is 1. The number of anilines is 1. The first-order chi connectivity index (χ1) is 17.5. The van der Waals surface area contributed by atoms with Crippen molar-refractivity contribution in [3.8, 4) is 11.3 Å². The second-order valence-corrected chi connectivity index (χ2v) is 9.67. The van der Waals surface area contributed by atoms with Crippen LogP contribution in [0.4, 0.5) is 10.6 Å². The number of likely N-dealkylation sites (tertiary alicyclic amines) is 1. The maximum Gasteiger partial charge on any atom is 0.410 e. The van der Waals surface area contributed by atoms with Crippen LogP contribution in [0, 0.1) is 0 Å². The van der Waals surface area contributed by atoms with Crippen LogP contribution in [0.5, 0.6) is 0 Å². The summed E-state index contributed by atoms with van der Waals surface area (Å²) >= 11 is 0. The third-order valence-corrected chi connectivity index (χ3v) is 5.80. The molecule has 1 aliphatic heterocycles. The first kappa shape index (κ1) is 25.6. The van der Waals surface area contributed by atoms with Crippen LogP contribution >= 0.6 is 0 Å². The standard InChI is InChI=1S/C25H29N7O5/c1-25(2,3)37-24(36)31-14-5-4-7-17(31)21-29-19(20(23(34)35)32(21)26)15-9-11-16(12-10-15)22(33)28-18-8-6-13-27-30-18/h6,8-13,17H,4-5,7,14,26H2,1-3H3,(H,34,35)(H,28,30,33). The zero-order valence-corrected chi connectivity index (χ0v) is 20.8. The van der Waals surface area contributed by atoms with E-state index in [2.05, 4.69) is 20.5 Å². The molecule has 0 spiro atoms. The zero-order chi connectivity index (χ0) is 26.7. The van der Waals surface area contributed by atoms with Gasteiger partial charge in [0.15, 0.2) is 17.3 Å². The quantitative estimate of drug-likeness (QED) is 0.438. The number of nitrogens with two attached hydrogens (primary N) is 1.